The summed E-state index contributed by atoms with van der Waals surface area (Å²) in [5, 5.41) is 10.0. The number of β-amino-alcohol motifs (C(OH)–C–C–N with tert-alkyl or cyclic N) is 1. The molecule has 0 aliphatic carbocycles. The first-order valence-corrected chi connectivity index (χ1v) is 14.9. The van der Waals surface area contributed by atoms with Crippen LogP contribution >= 0.6 is 27.5 Å². The van der Waals surface area contributed by atoms with Gasteiger partial charge < -0.3 is 19.5 Å². The van der Waals surface area contributed by atoms with Crippen molar-refractivity contribution in [3.63, 3.8) is 0 Å². The topological polar surface area (TPSA) is 77.8 Å². The van der Waals surface area contributed by atoms with Crippen LogP contribution in [0.5, 0.6) is 11.5 Å². The molecule has 2 amide bonds. The van der Waals surface area contributed by atoms with Crippen molar-refractivity contribution in [1.29, 1.82) is 0 Å². The quantitative estimate of drug-likeness (QED) is 0.337. The summed E-state index contributed by atoms with van der Waals surface area (Å²) in [5.41, 5.74) is 2.64. The predicted molar refractivity (Wildman–Crippen MR) is 164 cm³/mol. The van der Waals surface area contributed by atoms with Gasteiger partial charge in [0.05, 0.1) is 31.9 Å². The minimum atomic E-state index is -0.404. The Bertz CT molecular complexity index is 1380. The fourth-order valence-electron chi connectivity index (χ4n) is 5.40. The van der Waals surface area contributed by atoms with Gasteiger partial charge in [-0.05, 0) is 54.4 Å². The van der Waals surface area contributed by atoms with Gasteiger partial charge in [0.15, 0.2) is 0 Å². The molecule has 5 rings (SSSR count). The van der Waals surface area contributed by atoms with E-state index in [0.29, 0.717) is 61.7 Å². The van der Waals surface area contributed by atoms with Gasteiger partial charge in [-0.25, -0.2) is 4.79 Å². The highest BCUT2D eigenvalue weighted by Gasteiger charge is 2.45. The third kappa shape index (κ3) is 6.38. The molecule has 0 spiro atoms. The summed E-state index contributed by atoms with van der Waals surface area (Å²) < 4.78 is 12.5. The van der Waals surface area contributed by atoms with E-state index in [9.17, 15) is 9.90 Å². The highest BCUT2D eigenvalue weighted by Crippen LogP contribution is 2.45. The Balaban J connectivity index is 1.64. The summed E-state index contributed by atoms with van der Waals surface area (Å²) in [4.78, 5) is 25.7. The van der Waals surface area contributed by atoms with Gasteiger partial charge >= 0.3 is 6.03 Å². The van der Waals surface area contributed by atoms with E-state index < -0.39 is 6.04 Å². The summed E-state index contributed by atoms with van der Waals surface area (Å²) in [5.74, 6) is 1.81. The number of halogens is 2. The number of aliphatic imine (C=N–C) groups is 1. The van der Waals surface area contributed by atoms with Gasteiger partial charge in [-0.1, -0.05) is 51.8 Å². The van der Waals surface area contributed by atoms with Crippen LogP contribution in [0.1, 0.15) is 35.7 Å². The van der Waals surface area contributed by atoms with Crippen LogP contribution in [0.2, 0.25) is 5.02 Å². The number of methoxy groups -OCH3 is 1. The SMILES string of the molecule is CCOc1cc(OC)ccc1C1=NC(c2ccc(Cl)cc2)C(c2ccc(Br)cc2)N1C(=O)N1CCN(CCO)CC1. The monoisotopic (exact) mass is 640 g/mol. The highest BCUT2D eigenvalue weighted by molar-refractivity contribution is 9.10. The van der Waals surface area contributed by atoms with E-state index in [1.165, 1.54) is 0 Å². The minimum Gasteiger partial charge on any atom is -0.497 e. The maximum absolute atomic E-state index is 14.5. The van der Waals surface area contributed by atoms with Gasteiger partial charge in [-0.2, -0.15) is 0 Å². The van der Waals surface area contributed by atoms with Crippen LogP contribution in [-0.2, 0) is 0 Å². The fraction of sp³-hybridized carbons (Fsp3) is 0.355. The number of carbonyl (C=O) groups excluding carboxylic acids is 1. The van der Waals surface area contributed by atoms with Crippen molar-refractivity contribution >= 4 is 39.4 Å². The summed E-state index contributed by atoms with van der Waals surface area (Å²) in [6, 6.07) is 20.4. The molecule has 3 aromatic rings. The van der Waals surface area contributed by atoms with Crippen molar-refractivity contribution in [3.05, 3.63) is 92.9 Å². The van der Waals surface area contributed by atoms with E-state index in [0.717, 1.165) is 21.2 Å². The second-order valence-electron chi connectivity index (χ2n) is 9.95. The molecule has 41 heavy (non-hydrogen) atoms. The summed E-state index contributed by atoms with van der Waals surface area (Å²) in [6.07, 6.45) is 0. The Morgan fingerprint density at radius 3 is 2.34 bits per heavy atom. The molecule has 2 aliphatic rings. The third-order valence-corrected chi connectivity index (χ3v) is 8.27. The molecular formula is C31H34BrClN4O4. The van der Waals surface area contributed by atoms with Crippen LogP contribution in [0.3, 0.4) is 0 Å². The molecular weight excluding hydrogens is 608 g/mol. The maximum Gasteiger partial charge on any atom is 0.326 e. The fourth-order valence-corrected chi connectivity index (χ4v) is 5.79. The number of carbonyl (C=O) groups is 1. The molecule has 2 atom stereocenters. The molecule has 0 saturated carbocycles. The Morgan fingerprint density at radius 1 is 1.02 bits per heavy atom. The van der Waals surface area contributed by atoms with Gasteiger partial charge in [-0.15, -0.1) is 0 Å². The van der Waals surface area contributed by atoms with E-state index >= 15 is 0 Å². The van der Waals surface area contributed by atoms with E-state index in [2.05, 4.69) is 20.8 Å². The van der Waals surface area contributed by atoms with Gasteiger partial charge in [0, 0.05) is 48.3 Å². The average molecular weight is 642 g/mol. The summed E-state index contributed by atoms with van der Waals surface area (Å²) in [7, 11) is 1.62. The maximum atomic E-state index is 14.5. The lowest BCUT2D eigenvalue weighted by Crippen LogP contribution is -2.54. The molecule has 0 bridgehead atoms. The molecule has 2 heterocycles. The van der Waals surface area contributed by atoms with E-state index in [1.54, 1.807) is 7.11 Å². The van der Waals surface area contributed by atoms with E-state index in [1.807, 2.05) is 83.5 Å². The van der Waals surface area contributed by atoms with Crippen molar-refractivity contribution < 1.29 is 19.4 Å². The molecule has 1 N–H and O–H groups in total. The van der Waals surface area contributed by atoms with Crippen LogP contribution in [0.4, 0.5) is 4.79 Å². The Kier molecular flexibility index (Phi) is 9.49. The zero-order valence-corrected chi connectivity index (χ0v) is 25.5. The molecule has 3 aromatic carbocycles. The number of piperazine rings is 1. The Hall–Kier alpha value is -3.11. The number of hydrogen-bond donors (Lipinski definition) is 1. The Labute approximate surface area is 254 Å². The molecule has 2 unspecified atom stereocenters. The number of benzene rings is 3. The third-order valence-electron chi connectivity index (χ3n) is 7.48. The van der Waals surface area contributed by atoms with Crippen molar-refractivity contribution in [2.45, 2.75) is 19.0 Å². The highest BCUT2D eigenvalue weighted by atomic mass is 79.9. The molecule has 0 aromatic heterocycles. The molecule has 2 aliphatic heterocycles. The van der Waals surface area contributed by atoms with E-state index in [-0.39, 0.29) is 18.7 Å². The molecule has 216 valence electrons. The largest absolute Gasteiger partial charge is 0.497 e. The van der Waals surface area contributed by atoms with Gasteiger partial charge in [-0.3, -0.25) is 14.8 Å². The number of amidine groups is 1. The second kappa shape index (κ2) is 13.2. The summed E-state index contributed by atoms with van der Waals surface area (Å²) >= 11 is 9.81. The number of aliphatic hydroxyl groups is 1. The second-order valence-corrected chi connectivity index (χ2v) is 11.3. The number of rotatable bonds is 8. The first-order chi connectivity index (χ1) is 19.9. The average Bonchev–Trinajstić information content (AvgIpc) is 3.38. The lowest BCUT2D eigenvalue weighted by Gasteiger charge is -2.39. The lowest BCUT2D eigenvalue weighted by atomic mass is 9.93. The molecule has 1 saturated heterocycles. The Morgan fingerprint density at radius 2 is 1.71 bits per heavy atom. The van der Waals surface area contributed by atoms with Crippen LogP contribution in [0.25, 0.3) is 0 Å². The molecule has 8 nitrogen and oxygen atoms in total. The van der Waals surface area contributed by atoms with Gasteiger partial charge in [0.1, 0.15) is 23.4 Å². The van der Waals surface area contributed by atoms with Crippen molar-refractivity contribution in [2.75, 3.05) is 53.0 Å². The number of amides is 2. The van der Waals surface area contributed by atoms with Gasteiger partial charge in [0.25, 0.3) is 0 Å². The molecule has 0 radical (unpaired) electrons. The van der Waals surface area contributed by atoms with Crippen molar-refractivity contribution in [1.82, 2.24) is 14.7 Å². The van der Waals surface area contributed by atoms with Crippen LogP contribution in [0.15, 0.2) is 76.2 Å². The molecule has 10 heteroatoms. The number of urea groups is 1. The standard InChI is InChI=1S/C31H34BrClN4O4/c1-3-41-27-20-25(40-2)12-13-26(27)30-34-28(21-6-10-24(33)11-7-21)29(22-4-8-23(32)9-5-22)37(30)31(39)36-16-14-35(15-17-36)18-19-38/h4-13,20,28-29,38H,3,14-19H2,1-2H3. The number of aliphatic hydroxyl groups excluding tert-OH is 1. The number of hydrogen-bond acceptors (Lipinski definition) is 6. The zero-order chi connectivity index (χ0) is 28.9. The lowest BCUT2D eigenvalue weighted by molar-refractivity contribution is 0.108. The smallest absolute Gasteiger partial charge is 0.326 e. The number of ether oxygens (including phenoxy) is 2. The first-order valence-electron chi connectivity index (χ1n) is 13.7. The van der Waals surface area contributed by atoms with E-state index in [4.69, 9.17) is 26.1 Å². The zero-order valence-electron chi connectivity index (χ0n) is 23.2. The predicted octanol–water partition coefficient (Wildman–Crippen LogP) is 5.78. The summed E-state index contributed by atoms with van der Waals surface area (Å²) in [6.45, 7) is 5.59. The minimum absolute atomic E-state index is 0.100. The van der Waals surface area contributed by atoms with Crippen LogP contribution in [0, 0.1) is 0 Å². The number of nitrogens with zero attached hydrogens (tertiary/aromatic N) is 4. The van der Waals surface area contributed by atoms with Gasteiger partial charge in [0.2, 0.25) is 0 Å². The van der Waals surface area contributed by atoms with Crippen LogP contribution in [-0.4, -0.2) is 84.7 Å². The van der Waals surface area contributed by atoms with Crippen molar-refractivity contribution in [3.8, 4) is 11.5 Å². The van der Waals surface area contributed by atoms with Crippen molar-refractivity contribution in [2.24, 2.45) is 4.99 Å². The normalized spacial score (nSPS) is 19.3. The molecule has 1 fully saturated rings. The van der Waals surface area contributed by atoms with Crippen LogP contribution < -0.4 is 9.47 Å². The first kappa shape index (κ1) is 29.4.